The number of carbonyl (C=O) groups is 2. The zero-order valence-electron chi connectivity index (χ0n) is 12.9. The normalized spacial score (nSPS) is 11.9. The summed E-state index contributed by atoms with van der Waals surface area (Å²) >= 11 is 12.1. The van der Waals surface area contributed by atoms with E-state index < -0.39 is 22.6 Å². The Morgan fingerprint density at radius 2 is 1.78 bits per heavy atom. The Labute approximate surface area is 147 Å². The molecule has 0 saturated carbocycles. The van der Waals surface area contributed by atoms with E-state index in [2.05, 4.69) is 10.6 Å². The van der Waals surface area contributed by atoms with Crippen LogP contribution in [0.4, 0.5) is 5.69 Å². The fraction of sp³-hybridized carbons (Fsp3) is 0.429. The molecule has 2 amide bonds. The predicted octanol–water partition coefficient (Wildman–Crippen LogP) is 2.21. The molecule has 0 radical (unpaired) electrons. The number of anilines is 1. The van der Waals surface area contributed by atoms with Crippen LogP contribution in [0.3, 0.4) is 0 Å². The van der Waals surface area contributed by atoms with E-state index in [1.165, 1.54) is 19.2 Å². The van der Waals surface area contributed by atoms with Crippen molar-refractivity contribution in [2.24, 2.45) is 0 Å². The van der Waals surface area contributed by atoms with Crippen LogP contribution >= 0.6 is 23.2 Å². The van der Waals surface area contributed by atoms with Crippen LogP contribution in [0.1, 0.15) is 13.8 Å². The van der Waals surface area contributed by atoms with Crippen LogP contribution in [0.2, 0.25) is 10.0 Å². The Morgan fingerprint density at radius 3 is 2.35 bits per heavy atom. The number of halogens is 2. The summed E-state index contributed by atoms with van der Waals surface area (Å²) in [6.07, 6.45) is -0.0997. The minimum absolute atomic E-state index is 0.0997. The smallest absolute Gasteiger partial charge is 0.237 e. The molecule has 1 aromatic carbocycles. The molecule has 0 heterocycles. The van der Waals surface area contributed by atoms with Gasteiger partial charge < -0.3 is 15.4 Å². The van der Waals surface area contributed by atoms with Gasteiger partial charge in [0.25, 0.3) is 0 Å². The van der Waals surface area contributed by atoms with E-state index in [0.29, 0.717) is 16.5 Å². The van der Waals surface area contributed by atoms with Crippen LogP contribution in [-0.4, -0.2) is 40.7 Å². The lowest BCUT2D eigenvalue weighted by Crippen LogP contribution is -2.28. The van der Waals surface area contributed by atoms with Crippen molar-refractivity contribution in [3.63, 3.8) is 0 Å². The maximum atomic E-state index is 11.9. The van der Waals surface area contributed by atoms with Crippen molar-refractivity contribution in [3.8, 4) is 5.75 Å². The number of amides is 2. The van der Waals surface area contributed by atoms with Crippen molar-refractivity contribution < 1.29 is 18.5 Å². The fourth-order valence-corrected chi connectivity index (χ4v) is 2.95. The van der Waals surface area contributed by atoms with Gasteiger partial charge in [-0.1, -0.05) is 23.2 Å². The molecule has 2 N–H and O–H groups in total. The number of ether oxygens (including phenoxy) is 1. The molecule has 0 aliphatic heterocycles. The van der Waals surface area contributed by atoms with Gasteiger partial charge in [-0.3, -0.25) is 13.8 Å². The van der Waals surface area contributed by atoms with E-state index in [9.17, 15) is 13.8 Å². The summed E-state index contributed by atoms with van der Waals surface area (Å²) in [6, 6.07) is 2.96. The average Bonchev–Trinajstić information content (AvgIpc) is 2.43. The summed E-state index contributed by atoms with van der Waals surface area (Å²) in [6.45, 7) is 3.68. The number of hydrogen-bond donors (Lipinski definition) is 2. The lowest BCUT2D eigenvalue weighted by atomic mass is 10.3. The number of carbonyl (C=O) groups excluding carboxylic acids is 2. The molecule has 1 atom stereocenters. The summed E-state index contributed by atoms with van der Waals surface area (Å²) in [5.74, 6) is -1.08. The third kappa shape index (κ3) is 6.76. The first kappa shape index (κ1) is 19.7. The molecule has 0 saturated heterocycles. The van der Waals surface area contributed by atoms with Crippen molar-refractivity contribution in [2.45, 2.75) is 20.0 Å². The van der Waals surface area contributed by atoms with Gasteiger partial charge in [0.15, 0.2) is 0 Å². The summed E-state index contributed by atoms with van der Waals surface area (Å²) in [7, 11) is -0.170. The fourth-order valence-electron chi connectivity index (χ4n) is 1.57. The Bertz CT molecular complexity index is 623. The van der Waals surface area contributed by atoms with E-state index in [-0.39, 0.29) is 22.6 Å². The molecule has 128 valence electrons. The zero-order chi connectivity index (χ0) is 17.6. The molecule has 0 aliphatic carbocycles. The van der Waals surface area contributed by atoms with Gasteiger partial charge in [0.2, 0.25) is 11.8 Å². The maximum absolute atomic E-state index is 11.9. The van der Waals surface area contributed by atoms with Gasteiger partial charge in [-0.15, -0.1) is 0 Å². The third-order valence-corrected chi connectivity index (χ3v) is 4.30. The SMILES string of the molecule is CNC(=O)C[S@@](=O)CC(=O)Nc1cc(OC(C)C)c(Cl)cc1Cl. The summed E-state index contributed by atoms with van der Waals surface area (Å²) in [5, 5.41) is 5.44. The van der Waals surface area contributed by atoms with Crippen LogP contribution in [-0.2, 0) is 20.4 Å². The quantitative estimate of drug-likeness (QED) is 0.759. The minimum Gasteiger partial charge on any atom is -0.489 e. The Balaban J connectivity index is 2.77. The second-order valence-corrected chi connectivity index (χ2v) is 7.15. The van der Waals surface area contributed by atoms with Gasteiger partial charge >= 0.3 is 0 Å². The van der Waals surface area contributed by atoms with E-state index in [1.807, 2.05) is 13.8 Å². The van der Waals surface area contributed by atoms with Gasteiger partial charge in [0.05, 0.1) is 21.8 Å². The van der Waals surface area contributed by atoms with Crippen molar-refractivity contribution in [2.75, 3.05) is 23.9 Å². The molecule has 23 heavy (non-hydrogen) atoms. The molecule has 6 nitrogen and oxygen atoms in total. The molecule has 1 rings (SSSR count). The lowest BCUT2D eigenvalue weighted by Gasteiger charge is -2.14. The Kier molecular flexibility index (Phi) is 7.81. The zero-order valence-corrected chi connectivity index (χ0v) is 15.3. The summed E-state index contributed by atoms with van der Waals surface area (Å²) in [5.41, 5.74) is 0.300. The number of benzene rings is 1. The summed E-state index contributed by atoms with van der Waals surface area (Å²) < 4.78 is 17.2. The molecule has 0 bridgehead atoms. The van der Waals surface area contributed by atoms with Crippen molar-refractivity contribution >= 4 is 51.5 Å². The first-order valence-corrected chi connectivity index (χ1v) is 8.98. The van der Waals surface area contributed by atoms with Crippen LogP contribution in [0, 0.1) is 0 Å². The van der Waals surface area contributed by atoms with Gasteiger partial charge in [0, 0.05) is 23.9 Å². The molecule has 0 fully saturated rings. The number of nitrogens with one attached hydrogen (secondary N) is 2. The van der Waals surface area contributed by atoms with Gasteiger partial charge in [-0.25, -0.2) is 0 Å². The molecule has 0 spiro atoms. The summed E-state index contributed by atoms with van der Waals surface area (Å²) in [4.78, 5) is 23.0. The second-order valence-electron chi connectivity index (χ2n) is 4.88. The van der Waals surface area contributed by atoms with E-state index in [4.69, 9.17) is 27.9 Å². The molecular weight excluding hydrogens is 363 g/mol. The van der Waals surface area contributed by atoms with E-state index in [1.54, 1.807) is 0 Å². The molecule has 9 heteroatoms. The molecule has 0 unspecified atom stereocenters. The third-order valence-electron chi connectivity index (χ3n) is 2.52. The van der Waals surface area contributed by atoms with Crippen LogP contribution in [0.15, 0.2) is 12.1 Å². The van der Waals surface area contributed by atoms with Gasteiger partial charge in [-0.2, -0.15) is 0 Å². The Morgan fingerprint density at radius 1 is 1.17 bits per heavy atom. The van der Waals surface area contributed by atoms with Crippen molar-refractivity contribution in [1.82, 2.24) is 5.32 Å². The number of hydrogen-bond acceptors (Lipinski definition) is 4. The van der Waals surface area contributed by atoms with Crippen LogP contribution in [0.25, 0.3) is 0 Å². The molecule has 0 aromatic heterocycles. The average molecular weight is 381 g/mol. The van der Waals surface area contributed by atoms with Gasteiger partial charge in [0.1, 0.15) is 17.3 Å². The Hall–Kier alpha value is -1.31. The highest BCUT2D eigenvalue weighted by Gasteiger charge is 2.15. The monoisotopic (exact) mass is 380 g/mol. The maximum Gasteiger partial charge on any atom is 0.237 e. The number of rotatable bonds is 7. The van der Waals surface area contributed by atoms with Crippen molar-refractivity contribution in [1.29, 1.82) is 0 Å². The van der Waals surface area contributed by atoms with E-state index >= 15 is 0 Å². The van der Waals surface area contributed by atoms with Crippen LogP contribution in [0.5, 0.6) is 5.75 Å². The molecular formula is C14H18Cl2N2O4S. The largest absolute Gasteiger partial charge is 0.489 e. The molecule has 1 aromatic rings. The first-order valence-electron chi connectivity index (χ1n) is 6.74. The first-order chi connectivity index (χ1) is 10.7. The predicted molar refractivity (Wildman–Crippen MR) is 92.8 cm³/mol. The highest BCUT2D eigenvalue weighted by atomic mass is 35.5. The van der Waals surface area contributed by atoms with E-state index in [0.717, 1.165) is 0 Å². The topological polar surface area (TPSA) is 84.5 Å². The second kappa shape index (κ2) is 9.10. The standard InChI is InChI=1S/C14H18Cl2N2O4S/c1-8(2)22-12-5-11(9(15)4-10(12)16)18-14(20)7-23(21)6-13(19)17-3/h4-5,8H,6-7H2,1-3H3,(H,17,19)(H,18,20)/t23-/m1/s1. The molecule has 0 aliphatic rings. The lowest BCUT2D eigenvalue weighted by molar-refractivity contribution is -0.118. The highest BCUT2D eigenvalue weighted by Crippen LogP contribution is 2.34. The minimum atomic E-state index is -1.60. The highest BCUT2D eigenvalue weighted by molar-refractivity contribution is 7.86. The van der Waals surface area contributed by atoms with Gasteiger partial charge in [-0.05, 0) is 19.9 Å². The van der Waals surface area contributed by atoms with Crippen LogP contribution < -0.4 is 15.4 Å². The van der Waals surface area contributed by atoms with Crippen molar-refractivity contribution in [3.05, 3.63) is 22.2 Å².